The van der Waals surface area contributed by atoms with E-state index in [2.05, 4.69) is 41.5 Å². The topological polar surface area (TPSA) is 61.8 Å². The molecule has 1 rings (SSSR count). The van der Waals surface area contributed by atoms with Crippen LogP contribution in [0.15, 0.2) is 0 Å². The van der Waals surface area contributed by atoms with Gasteiger partial charge in [-0.05, 0) is 17.8 Å². The van der Waals surface area contributed by atoms with Crippen molar-refractivity contribution in [3.63, 3.8) is 0 Å². The highest BCUT2D eigenvalue weighted by atomic mass is 31.2. The first-order valence-electron chi connectivity index (χ1n) is 7.66. The summed E-state index contributed by atoms with van der Waals surface area (Å²) in [5.41, 5.74) is -0.425. The Labute approximate surface area is 130 Å². The van der Waals surface area contributed by atoms with Gasteiger partial charge in [0.2, 0.25) is 0 Å². The molecule has 0 bridgehead atoms. The maximum Gasteiger partial charge on any atom is 0.328 e. The third-order valence-corrected chi connectivity index (χ3v) is 7.14. The predicted octanol–water partition coefficient (Wildman–Crippen LogP) is 5.14. The molecule has 0 saturated carbocycles. The van der Waals surface area contributed by atoms with Gasteiger partial charge in [-0.2, -0.15) is 0 Å². The van der Waals surface area contributed by atoms with E-state index >= 15 is 0 Å². The van der Waals surface area contributed by atoms with Crippen LogP contribution in [0.2, 0.25) is 0 Å². The summed E-state index contributed by atoms with van der Waals surface area (Å²) in [5, 5.41) is 0. The standard InChI is InChI=1S/C14H30O5P2/c1-9(2)13(10(3)4,11(5)6)14(12(7)8)17-20(15)19-21(16)18-14/h9-12,20-21H,1-8H3. The third kappa shape index (κ3) is 3.05. The summed E-state index contributed by atoms with van der Waals surface area (Å²) >= 11 is 0. The maximum absolute atomic E-state index is 12.0. The van der Waals surface area contributed by atoms with E-state index in [9.17, 15) is 9.13 Å². The first-order chi connectivity index (χ1) is 9.52. The van der Waals surface area contributed by atoms with Crippen LogP contribution in [-0.2, 0) is 22.5 Å². The molecule has 7 heteroatoms. The van der Waals surface area contributed by atoms with Crippen LogP contribution in [-0.4, -0.2) is 5.79 Å². The van der Waals surface area contributed by atoms with Crippen LogP contribution in [0, 0.1) is 29.1 Å². The monoisotopic (exact) mass is 340 g/mol. The molecule has 1 aliphatic heterocycles. The second kappa shape index (κ2) is 6.84. The predicted molar refractivity (Wildman–Crippen MR) is 85.8 cm³/mol. The fourth-order valence-corrected chi connectivity index (χ4v) is 6.86. The first-order valence-corrected chi connectivity index (χ1v) is 10.1. The molecule has 0 aromatic heterocycles. The number of rotatable bonds is 5. The van der Waals surface area contributed by atoms with Gasteiger partial charge in [-0.15, -0.1) is 0 Å². The third-order valence-electron chi connectivity index (χ3n) is 4.87. The van der Waals surface area contributed by atoms with Gasteiger partial charge in [-0.25, -0.2) is 4.31 Å². The molecule has 1 heterocycles. The molecule has 0 radical (unpaired) electrons. The zero-order valence-corrected chi connectivity index (χ0v) is 16.4. The lowest BCUT2D eigenvalue weighted by atomic mass is 9.55. The van der Waals surface area contributed by atoms with E-state index in [-0.39, 0.29) is 23.7 Å². The highest BCUT2D eigenvalue weighted by molar-refractivity contribution is 7.48. The molecule has 21 heavy (non-hydrogen) atoms. The van der Waals surface area contributed by atoms with Crippen LogP contribution in [0.3, 0.4) is 0 Å². The minimum atomic E-state index is -2.82. The molecule has 0 spiro atoms. The van der Waals surface area contributed by atoms with Crippen molar-refractivity contribution in [2.75, 3.05) is 0 Å². The van der Waals surface area contributed by atoms with Crippen molar-refractivity contribution in [1.82, 2.24) is 0 Å². The second-order valence-electron chi connectivity index (χ2n) is 7.03. The average molecular weight is 340 g/mol. The molecular weight excluding hydrogens is 310 g/mol. The van der Waals surface area contributed by atoms with Gasteiger partial charge in [-0.3, -0.25) is 18.2 Å². The van der Waals surface area contributed by atoms with Gasteiger partial charge in [0.25, 0.3) is 0 Å². The van der Waals surface area contributed by atoms with Gasteiger partial charge in [0.15, 0.2) is 5.79 Å². The Hall–Kier alpha value is 0.340. The highest BCUT2D eigenvalue weighted by Gasteiger charge is 2.63. The molecule has 0 aromatic rings. The van der Waals surface area contributed by atoms with E-state index < -0.39 is 27.7 Å². The maximum atomic E-state index is 12.0. The number of hydrogen-bond donors (Lipinski definition) is 0. The van der Waals surface area contributed by atoms with Crippen molar-refractivity contribution in [2.24, 2.45) is 29.1 Å². The van der Waals surface area contributed by atoms with E-state index in [0.29, 0.717) is 0 Å². The zero-order valence-electron chi connectivity index (χ0n) is 14.4. The minimum absolute atomic E-state index is 0.100. The van der Waals surface area contributed by atoms with Crippen LogP contribution >= 0.6 is 16.5 Å². The van der Waals surface area contributed by atoms with E-state index in [0.717, 1.165) is 0 Å². The Morgan fingerprint density at radius 3 is 1.33 bits per heavy atom. The van der Waals surface area contributed by atoms with Gasteiger partial charge in [-0.1, -0.05) is 55.4 Å². The minimum Gasteiger partial charge on any atom is -0.276 e. The quantitative estimate of drug-likeness (QED) is 0.649. The largest absolute Gasteiger partial charge is 0.328 e. The lowest BCUT2D eigenvalue weighted by Gasteiger charge is -2.58. The van der Waals surface area contributed by atoms with E-state index in [4.69, 9.17) is 13.4 Å². The molecule has 0 amide bonds. The first kappa shape index (κ1) is 19.4. The summed E-state index contributed by atoms with van der Waals surface area (Å²) in [6, 6.07) is 0. The van der Waals surface area contributed by atoms with Crippen LogP contribution in [0.25, 0.3) is 0 Å². The molecule has 0 N–H and O–H groups in total. The summed E-state index contributed by atoms with van der Waals surface area (Å²) in [7, 11) is -5.63. The highest BCUT2D eigenvalue weighted by Crippen LogP contribution is 2.65. The Morgan fingerprint density at radius 1 is 0.762 bits per heavy atom. The van der Waals surface area contributed by atoms with E-state index in [1.807, 2.05) is 13.8 Å². The summed E-state index contributed by atoms with van der Waals surface area (Å²) < 4.78 is 40.3. The summed E-state index contributed by atoms with van der Waals surface area (Å²) in [5.74, 6) is -0.669. The van der Waals surface area contributed by atoms with E-state index in [1.165, 1.54) is 0 Å². The molecule has 5 nitrogen and oxygen atoms in total. The van der Waals surface area contributed by atoms with Crippen molar-refractivity contribution in [3.05, 3.63) is 0 Å². The average Bonchev–Trinajstić information content (AvgIpc) is 2.25. The Morgan fingerprint density at radius 2 is 1.10 bits per heavy atom. The smallest absolute Gasteiger partial charge is 0.276 e. The molecule has 2 unspecified atom stereocenters. The molecule has 1 fully saturated rings. The Balaban J connectivity index is 3.60. The van der Waals surface area contributed by atoms with Crippen molar-refractivity contribution < 1.29 is 22.5 Å². The zero-order chi connectivity index (χ0) is 16.6. The second-order valence-corrected chi connectivity index (χ2v) is 9.25. The van der Waals surface area contributed by atoms with Gasteiger partial charge in [0.1, 0.15) is 0 Å². The summed E-state index contributed by atoms with van der Waals surface area (Å²) in [6.07, 6.45) is 0. The Bertz CT molecular complexity index is 380. The summed E-state index contributed by atoms with van der Waals surface area (Å²) in [4.78, 5) is 0. The molecule has 126 valence electrons. The molecule has 0 aromatic carbocycles. The Kier molecular flexibility index (Phi) is 6.32. The lowest BCUT2D eigenvalue weighted by Crippen LogP contribution is -2.62. The van der Waals surface area contributed by atoms with Gasteiger partial charge in [0.05, 0.1) is 0 Å². The molecule has 0 aliphatic carbocycles. The molecular formula is C14H30O5P2. The fraction of sp³-hybridized carbons (Fsp3) is 1.00. The molecule has 2 atom stereocenters. The van der Waals surface area contributed by atoms with Crippen LogP contribution in [0.1, 0.15) is 55.4 Å². The lowest BCUT2D eigenvalue weighted by molar-refractivity contribution is -0.283. The molecule has 1 saturated heterocycles. The SMILES string of the molecule is CC(C)C1(C(C(C)C)(C(C)C)C(C)C)O[PH](=O)O[PH](=O)O1. The van der Waals surface area contributed by atoms with Crippen molar-refractivity contribution in [2.45, 2.75) is 61.2 Å². The van der Waals surface area contributed by atoms with Crippen molar-refractivity contribution >= 4 is 16.5 Å². The van der Waals surface area contributed by atoms with Crippen LogP contribution < -0.4 is 0 Å². The van der Waals surface area contributed by atoms with Crippen molar-refractivity contribution in [3.8, 4) is 0 Å². The van der Waals surface area contributed by atoms with Gasteiger partial charge < -0.3 is 0 Å². The van der Waals surface area contributed by atoms with E-state index in [1.54, 1.807) is 0 Å². The normalized spacial score (nSPS) is 31.6. The van der Waals surface area contributed by atoms with Gasteiger partial charge in [0, 0.05) is 11.3 Å². The fourth-order valence-electron chi connectivity index (χ4n) is 4.50. The van der Waals surface area contributed by atoms with Gasteiger partial charge >= 0.3 is 16.5 Å². The number of hydrogen-bond acceptors (Lipinski definition) is 5. The van der Waals surface area contributed by atoms with Crippen LogP contribution in [0.5, 0.6) is 0 Å². The summed E-state index contributed by atoms with van der Waals surface area (Å²) in [6.45, 7) is 16.6. The van der Waals surface area contributed by atoms with Crippen molar-refractivity contribution in [1.29, 1.82) is 0 Å². The molecule has 1 aliphatic rings. The van der Waals surface area contributed by atoms with Crippen LogP contribution in [0.4, 0.5) is 0 Å².